The van der Waals surface area contributed by atoms with Crippen LogP contribution in [0, 0.1) is 5.82 Å². The molecule has 0 unspecified atom stereocenters. The number of hydrogen-bond donors (Lipinski definition) is 1. The highest BCUT2D eigenvalue weighted by Crippen LogP contribution is 2.25. The average molecular weight is 263 g/mol. The van der Waals surface area contributed by atoms with E-state index in [1.807, 2.05) is 0 Å². The number of carbonyl (C=O) groups is 2. The largest absolute Gasteiger partial charge is 0.478 e. The lowest BCUT2D eigenvalue weighted by atomic mass is 10.1. The molecule has 0 bridgehead atoms. The monoisotopic (exact) mass is 263 g/mol. The third kappa shape index (κ3) is 3.19. The summed E-state index contributed by atoms with van der Waals surface area (Å²) in [6, 6.07) is 4.34. The molecule has 1 saturated heterocycles. The highest BCUT2D eigenvalue weighted by molar-refractivity contribution is 5.94. The number of anilines is 1. The van der Waals surface area contributed by atoms with E-state index in [9.17, 15) is 14.0 Å². The molecule has 0 atom stereocenters. The quantitative estimate of drug-likeness (QED) is 0.852. The number of hydrogen-bond acceptors (Lipinski definition) is 2. The molecule has 1 aliphatic heterocycles. The Hall–Kier alpha value is -2.17. The second-order valence-electron chi connectivity index (χ2n) is 4.38. The number of amides is 1. The van der Waals surface area contributed by atoms with Crippen molar-refractivity contribution in [2.45, 2.75) is 19.3 Å². The van der Waals surface area contributed by atoms with Gasteiger partial charge in [-0.1, -0.05) is 6.07 Å². The SMILES string of the molecule is O=C(O)/C=C/c1ccc(N2CCCCC2=O)c(F)c1. The van der Waals surface area contributed by atoms with Crippen LogP contribution in [0.2, 0.25) is 0 Å². The van der Waals surface area contributed by atoms with Gasteiger partial charge in [-0.25, -0.2) is 9.18 Å². The molecule has 1 aromatic rings. The smallest absolute Gasteiger partial charge is 0.328 e. The minimum Gasteiger partial charge on any atom is -0.478 e. The maximum Gasteiger partial charge on any atom is 0.328 e. The molecule has 0 aliphatic carbocycles. The normalized spacial score (nSPS) is 16.1. The number of benzene rings is 1. The minimum absolute atomic E-state index is 0.0704. The summed E-state index contributed by atoms with van der Waals surface area (Å²) in [7, 11) is 0. The van der Waals surface area contributed by atoms with Gasteiger partial charge in [0.1, 0.15) is 5.82 Å². The Bertz CT molecular complexity index is 539. The van der Waals surface area contributed by atoms with Gasteiger partial charge in [-0.2, -0.15) is 0 Å². The summed E-state index contributed by atoms with van der Waals surface area (Å²) in [6.07, 6.45) is 4.41. The number of rotatable bonds is 3. The van der Waals surface area contributed by atoms with Crippen molar-refractivity contribution in [2.24, 2.45) is 0 Å². The van der Waals surface area contributed by atoms with Crippen LogP contribution < -0.4 is 4.90 Å². The fourth-order valence-corrected chi connectivity index (χ4v) is 2.07. The molecule has 0 radical (unpaired) electrons. The van der Waals surface area contributed by atoms with Gasteiger partial charge in [0, 0.05) is 19.0 Å². The summed E-state index contributed by atoms with van der Waals surface area (Å²) in [5, 5.41) is 8.50. The summed E-state index contributed by atoms with van der Waals surface area (Å²) < 4.78 is 14.0. The van der Waals surface area contributed by atoms with Gasteiger partial charge in [0.05, 0.1) is 5.69 Å². The van der Waals surface area contributed by atoms with Crippen LogP contribution in [-0.2, 0) is 9.59 Å². The fourth-order valence-electron chi connectivity index (χ4n) is 2.07. The van der Waals surface area contributed by atoms with Crippen molar-refractivity contribution < 1.29 is 19.1 Å². The second-order valence-corrected chi connectivity index (χ2v) is 4.38. The molecule has 5 heteroatoms. The van der Waals surface area contributed by atoms with E-state index in [0.29, 0.717) is 18.5 Å². The maximum absolute atomic E-state index is 14.0. The Morgan fingerprint density at radius 2 is 2.16 bits per heavy atom. The lowest BCUT2D eigenvalue weighted by molar-refractivity contribution is -0.131. The van der Waals surface area contributed by atoms with E-state index in [2.05, 4.69) is 0 Å². The highest BCUT2D eigenvalue weighted by Gasteiger charge is 2.22. The van der Waals surface area contributed by atoms with Gasteiger partial charge < -0.3 is 10.0 Å². The molecule has 2 rings (SSSR count). The van der Waals surface area contributed by atoms with E-state index >= 15 is 0 Å². The van der Waals surface area contributed by atoms with Crippen molar-refractivity contribution in [1.29, 1.82) is 0 Å². The van der Waals surface area contributed by atoms with Crippen molar-refractivity contribution in [3.8, 4) is 0 Å². The Kier molecular flexibility index (Phi) is 3.94. The van der Waals surface area contributed by atoms with Crippen LogP contribution in [0.5, 0.6) is 0 Å². The molecule has 1 aliphatic rings. The van der Waals surface area contributed by atoms with Gasteiger partial charge in [0.25, 0.3) is 0 Å². The number of carbonyl (C=O) groups excluding carboxylic acids is 1. The van der Waals surface area contributed by atoms with Crippen LogP contribution in [0.3, 0.4) is 0 Å². The predicted octanol–water partition coefficient (Wildman–Crippen LogP) is 2.44. The minimum atomic E-state index is -1.09. The van der Waals surface area contributed by atoms with Crippen LogP contribution in [-0.4, -0.2) is 23.5 Å². The molecule has 4 nitrogen and oxygen atoms in total. The number of piperidine rings is 1. The predicted molar refractivity (Wildman–Crippen MR) is 69.3 cm³/mol. The van der Waals surface area contributed by atoms with Gasteiger partial charge in [-0.15, -0.1) is 0 Å². The lowest BCUT2D eigenvalue weighted by Crippen LogP contribution is -2.35. The van der Waals surface area contributed by atoms with Crippen LogP contribution in [0.15, 0.2) is 24.3 Å². The first-order valence-electron chi connectivity index (χ1n) is 6.09. The van der Waals surface area contributed by atoms with Crippen molar-refractivity contribution in [3.63, 3.8) is 0 Å². The van der Waals surface area contributed by atoms with E-state index in [0.717, 1.165) is 18.9 Å². The van der Waals surface area contributed by atoms with Gasteiger partial charge in [0.2, 0.25) is 5.91 Å². The molecule has 1 aromatic carbocycles. The first kappa shape index (κ1) is 13.3. The molecule has 19 heavy (non-hydrogen) atoms. The Labute approximate surface area is 110 Å². The first-order chi connectivity index (χ1) is 9.08. The summed E-state index contributed by atoms with van der Waals surface area (Å²) in [4.78, 5) is 23.5. The number of carboxylic acids is 1. The summed E-state index contributed by atoms with van der Waals surface area (Å²) in [5.41, 5.74) is 0.713. The number of aliphatic carboxylic acids is 1. The van der Waals surface area contributed by atoms with Gasteiger partial charge in [0.15, 0.2) is 0 Å². The van der Waals surface area contributed by atoms with Crippen molar-refractivity contribution in [3.05, 3.63) is 35.7 Å². The molecule has 1 amide bonds. The van der Waals surface area contributed by atoms with Crippen molar-refractivity contribution in [1.82, 2.24) is 0 Å². The number of carboxylic acid groups (broad SMARTS) is 1. The van der Waals surface area contributed by atoms with Crippen molar-refractivity contribution in [2.75, 3.05) is 11.4 Å². The topological polar surface area (TPSA) is 57.6 Å². The highest BCUT2D eigenvalue weighted by atomic mass is 19.1. The van der Waals surface area contributed by atoms with Gasteiger partial charge in [-0.05, 0) is 36.6 Å². The fraction of sp³-hybridized carbons (Fsp3) is 0.286. The van der Waals surface area contributed by atoms with E-state index < -0.39 is 11.8 Å². The van der Waals surface area contributed by atoms with Crippen LogP contribution in [0.4, 0.5) is 10.1 Å². The van der Waals surface area contributed by atoms with E-state index in [-0.39, 0.29) is 11.6 Å². The molecule has 1 N–H and O–H groups in total. The van der Waals surface area contributed by atoms with Crippen LogP contribution in [0.1, 0.15) is 24.8 Å². The van der Waals surface area contributed by atoms with Crippen LogP contribution >= 0.6 is 0 Å². The molecule has 0 aromatic heterocycles. The summed E-state index contributed by atoms with van der Waals surface area (Å²) in [6.45, 7) is 0.528. The van der Waals surface area contributed by atoms with Crippen molar-refractivity contribution >= 4 is 23.6 Å². The third-order valence-corrected chi connectivity index (χ3v) is 3.00. The van der Waals surface area contributed by atoms with E-state index in [1.165, 1.54) is 23.1 Å². The lowest BCUT2D eigenvalue weighted by Gasteiger charge is -2.27. The standard InChI is InChI=1S/C14H14FNO3/c15-11-9-10(5-7-14(18)19)4-6-12(11)16-8-2-1-3-13(16)17/h4-7,9H,1-3,8H2,(H,18,19)/b7-5+. The molecular weight excluding hydrogens is 249 g/mol. The maximum atomic E-state index is 14.0. The first-order valence-corrected chi connectivity index (χ1v) is 6.09. The third-order valence-electron chi connectivity index (χ3n) is 3.00. The zero-order valence-corrected chi connectivity index (χ0v) is 10.3. The zero-order chi connectivity index (χ0) is 13.8. The molecule has 1 fully saturated rings. The molecule has 0 saturated carbocycles. The van der Waals surface area contributed by atoms with E-state index in [1.54, 1.807) is 6.07 Å². The number of halogens is 1. The van der Waals surface area contributed by atoms with Crippen LogP contribution in [0.25, 0.3) is 6.08 Å². The Morgan fingerprint density at radius 3 is 2.79 bits per heavy atom. The molecule has 0 spiro atoms. The number of nitrogens with zero attached hydrogens (tertiary/aromatic N) is 1. The van der Waals surface area contributed by atoms with E-state index in [4.69, 9.17) is 5.11 Å². The summed E-state index contributed by atoms with van der Waals surface area (Å²) in [5.74, 6) is -1.67. The average Bonchev–Trinajstić information content (AvgIpc) is 2.38. The zero-order valence-electron chi connectivity index (χ0n) is 10.3. The second kappa shape index (κ2) is 5.65. The molecule has 100 valence electrons. The Morgan fingerprint density at radius 1 is 1.37 bits per heavy atom. The Balaban J connectivity index is 2.23. The summed E-state index contributed by atoms with van der Waals surface area (Å²) >= 11 is 0. The van der Waals surface area contributed by atoms with Gasteiger partial charge >= 0.3 is 5.97 Å². The molecule has 1 heterocycles. The van der Waals surface area contributed by atoms with Gasteiger partial charge in [-0.3, -0.25) is 4.79 Å². The molecular formula is C14H14FNO3.